The summed E-state index contributed by atoms with van der Waals surface area (Å²) in [4.78, 5) is 26.6. The largest absolute Gasteiger partial charge is 0.444 e. The van der Waals surface area contributed by atoms with Crippen LogP contribution in [0.5, 0.6) is 0 Å². The lowest BCUT2D eigenvalue weighted by atomic mass is 10.2. The maximum Gasteiger partial charge on any atom is 0.287 e. The monoisotopic (exact) mass is 322 g/mol. The molecule has 8 nitrogen and oxygen atoms in total. The third-order valence-corrected chi connectivity index (χ3v) is 3.31. The number of benzene rings is 1. The number of hydrogen-bond donors (Lipinski definition) is 0. The first-order valence-electron chi connectivity index (χ1n) is 6.87. The standard InChI is InChI=1S/C16H10N4O4/c17-7-12-6-14(20(22)23)9-19(16(12)21)8-13-10-24-15(18-13)11-4-2-1-3-5-11/h1-6,9-10H,8H2. The molecule has 3 rings (SSSR count). The second-order valence-electron chi connectivity index (χ2n) is 4.92. The Balaban J connectivity index is 1.96. The molecular weight excluding hydrogens is 312 g/mol. The third-order valence-electron chi connectivity index (χ3n) is 3.31. The Hall–Kier alpha value is -3.73. The molecular formula is C16H10N4O4. The molecule has 0 saturated carbocycles. The van der Waals surface area contributed by atoms with Crippen LogP contribution in [0.25, 0.3) is 11.5 Å². The molecule has 2 heterocycles. The fraction of sp³-hybridized carbons (Fsp3) is 0.0625. The van der Waals surface area contributed by atoms with E-state index < -0.39 is 10.5 Å². The van der Waals surface area contributed by atoms with Gasteiger partial charge in [0.2, 0.25) is 5.89 Å². The van der Waals surface area contributed by atoms with Gasteiger partial charge in [0.05, 0.1) is 23.4 Å². The molecule has 0 aliphatic carbocycles. The first kappa shape index (κ1) is 15.2. The smallest absolute Gasteiger partial charge is 0.287 e. The molecule has 2 aromatic heterocycles. The molecule has 0 atom stereocenters. The fourth-order valence-electron chi connectivity index (χ4n) is 2.18. The highest BCUT2D eigenvalue weighted by atomic mass is 16.6. The summed E-state index contributed by atoms with van der Waals surface area (Å²) in [5.74, 6) is 0.379. The zero-order chi connectivity index (χ0) is 17.1. The van der Waals surface area contributed by atoms with Crippen molar-refractivity contribution in [3.63, 3.8) is 0 Å². The van der Waals surface area contributed by atoms with Gasteiger partial charge < -0.3 is 8.98 Å². The first-order valence-corrected chi connectivity index (χ1v) is 6.87. The van der Waals surface area contributed by atoms with E-state index in [1.54, 1.807) is 6.07 Å². The number of hydrogen-bond acceptors (Lipinski definition) is 6. The van der Waals surface area contributed by atoms with Gasteiger partial charge in [0.1, 0.15) is 17.9 Å². The average Bonchev–Trinajstić information content (AvgIpc) is 3.06. The maximum atomic E-state index is 12.1. The minimum absolute atomic E-state index is 0.0362. The van der Waals surface area contributed by atoms with Crippen molar-refractivity contribution < 1.29 is 9.34 Å². The van der Waals surface area contributed by atoms with Crippen molar-refractivity contribution >= 4 is 5.69 Å². The van der Waals surface area contributed by atoms with Crippen molar-refractivity contribution in [3.8, 4) is 17.5 Å². The Morgan fingerprint density at radius 3 is 2.75 bits per heavy atom. The van der Waals surface area contributed by atoms with Crippen LogP contribution in [-0.2, 0) is 6.54 Å². The molecule has 0 aliphatic rings. The van der Waals surface area contributed by atoms with Crippen LogP contribution >= 0.6 is 0 Å². The normalized spacial score (nSPS) is 10.3. The molecule has 0 unspecified atom stereocenters. The van der Waals surface area contributed by atoms with Gasteiger partial charge in [0.15, 0.2) is 0 Å². The topological polar surface area (TPSA) is 115 Å². The van der Waals surface area contributed by atoms with Gasteiger partial charge in [-0.1, -0.05) is 18.2 Å². The summed E-state index contributed by atoms with van der Waals surface area (Å²) in [6.45, 7) is -0.0362. The van der Waals surface area contributed by atoms with E-state index in [1.807, 2.05) is 30.3 Å². The predicted molar refractivity (Wildman–Crippen MR) is 83.1 cm³/mol. The van der Waals surface area contributed by atoms with Crippen molar-refractivity contribution in [1.29, 1.82) is 5.26 Å². The summed E-state index contributed by atoms with van der Waals surface area (Å²) in [6, 6.07) is 11.8. The summed E-state index contributed by atoms with van der Waals surface area (Å²) < 4.78 is 6.44. The quantitative estimate of drug-likeness (QED) is 0.538. The number of nitro groups is 1. The summed E-state index contributed by atoms with van der Waals surface area (Å²) in [6.07, 6.45) is 2.46. The number of aromatic nitrogens is 2. The van der Waals surface area contributed by atoms with E-state index in [4.69, 9.17) is 9.68 Å². The molecule has 0 N–H and O–H groups in total. The Morgan fingerprint density at radius 2 is 2.08 bits per heavy atom. The van der Waals surface area contributed by atoms with Crippen LogP contribution in [0.3, 0.4) is 0 Å². The van der Waals surface area contributed by atoms with Crippen LogP contribution < -0.4 is 5.56 Å². The number of rotatable bonds is 4. The van der Waals surface area contributed by atoms with Gasteiger partial charge in [0, 0.05) is 11.6 Å². The fourth-order valence-corrected chi connectivity index (χ4v) is 2.18. The Morgan fingerprint density at radius 1 is 1.33 bits per heavy atom. The van der Waals surface area contributed by atoms with Crippen LogP contribution in [0.4, 0.5) is 5.69 Å². The van der Waals surface area contributed by atoms with Crippen LogP contribution in [0.15, 0.2) is 58.1 Å². The lowest BCUT2D eigenvalue weighted by molar-refractivity contribution is -0.385. The molecule has 0 radical (unpaired) electrons. The van der Waals surface area contributed by atoms with E-state index in [2.05, 4.69) is 4.98 Å². The number of nitriles is 1. The summed E-state index contributed by atoms with van der Waals surface area (Å²) in [7, 11) is 0. The molecule has 3 aromatic rings. The highest BCUT2D eigenvalue weighted by molar-refractivity contribution is 5.52. The lowest BCUT2D eigenvalue weighted by Gasteiger charge is -2.03. The zero-order valence-electron chi connectivity index (χ0n) is 12.2. The first-order chi connectivity index (χ1) is 11.6. The Kier molecular flexibility index (Phi) is 3.91. The Bertz CT molecular complexity index is 999. The Labute approximate surface area is 135 Å². The highest BCUT2D eigenvalue weighted by Gasteiger charge is 2.15. The lowest BCUT2D eigenvalue weighted by Crippen LogP contribution is -2.23. The summed E-state index contributed by atoms with van der Waals surface area (Å²) >= 11 is 0. The molecule has 0 amide bonds. The van der Waals surface area contributed by atoms with Gasteiger partial charge in [-0.25, -0.2) is 4.98 Å². The van der Waals surface area contributed by atoms with Gasteiger partial charge in [-0.15, -0.1) is 0 Å². The van der Waals surface area contributed by atoms with Gasteiger partial charge in [-0.3, -0.25) is 14.9 Å². The van der Waals surface area contributed by atoms with E-state index in [1.165, 1.54) is 6.26 Å². The van der Waals surface area contributed by atoms with Gasteiger partial charge in [-0.2, -0.15) is 5.26 Å². The van der Waals surface area contributed by atoms with Crippen molar-refractivity contribution in [2.24, 2.45) is 0 Å². The minimum Gasteiger partial charge on any atom is -0.444 e. The minimum atomic E-state index is -0.658. The predicted octanol–water partition coefficient (Wildman–Crippen LogP) is 2.33. The molecule has 1 aromatic carbocycles. The van der Waals surface area contributed by atoms with E-state index in [-0.39, 0.29) is 17.8 Å². The van der Waals surface area contributed by atoms with Crippen LogP contribution in [-0.4, -0.2) is 14.5 Å². The van der Waals surface area contributed by atoms with E-state index >= 15 is 0 Å². The second-order valence-corrected chi connectivity index (χ2v) is 4.92. The van der Waals surface area contributed by atoms with Crippen molar-refractivity contribution in [1.82, 2.24) is 9.55 Å². The van der Waals surface area contributed by atoms with Crippen molar-refractivity contribution in [3.05, 3.63) is 80.6 Å². The number of oxazole rings is 1. The number of nitrogens with zero attached hydrogens (tertiary/aromatic N) is 4. The van der Waals surface area contributed by atoms with Gasteiger partial charge >= 0.3 is 0 Å². The van der Waals surface area contributed by atoms with E-state index in [0.29, 0.717) is 11.6 Å². The van der Waals surface area contributed by atoms with Crippen LogP contribution in [0.1, 0.15) is 11.3 Å². The van der Waals surface area contributed by atoms with Gasteiger partial charge in [-0.05, 0) is 12.1 Å². The van der Waals surface area contributed by atoms with E-state index in [9.17, 15) is 14.9 Å². The number of pyridine rings is 1. The third kappa shape index (κ3) is 2.91. The van der Waals surface area contributed by atoms with Crippen molar-refractivity contribution in [2.75, 3.05) is 0 Å². The molecule has 24 heavy (non-hydrogen) atoms. The summed E-state index contributed by atoms with van der Waals surface area (Å²) in [5.41, 5.74) is -0.0607. The maximum absolute atomic E-state index is 12.1. The van der Waals surface area contributed by atoms with E-state index in [0.717, 1.165) is 22.4 Å². The molecule has 0 fully saturated rings. The molecule has 0 spiro atoms. The SMILES string of the molecule is N#Cc1cc([N+](=O)[O-])cn(Cc2coc(-c3ccccc3)n2)c1=O. The van der Waals surface area contributed by atoms with Gasteiger partial charge in [0.25, 0.3) is 11.2 Å². The molecule has 118 valence electrons. The average molecular weight is 322 g/mol. The zero-order valence-corrected chi connectivity index (χ0v) is 12.2. The highest BCUT2D eigenvalue weighted by Crippen LogP contribution is 2.18. The van der Waals surface area contributed by atoms with Crippen molar-refractivity contribution in [2.45, 2.75) is 6.54 Å². The molecule has 0 saturated heterocycles. The van der Waals surface area contributed by atoms with Crippen LogP contribution in [0.2, 0.25) is 0 Å². The molecule has 0 bridgehead atoms. The second kappa shape index (κ2) is 6.18. The molecule has 0 aliphatic heterocycles. The van der Waals surface area contributed by atoms with Crippen LogP contribution in [0, 0.1) is 21.4 Å². The molecule has 8 heteroatoms. The summed E-state index contributed by atoms with van der Waals surface area (Å²) in [5, 5.41) is 19.9.